The second-order valence-corrected chi connectivity index (χ2v) is 4.01. The van der Waals surface area contributed by atoms with Crippen molar-refractivity contribution in [2.45, 2.75) is 20.4 Å². The van der Waals surface area contributed by atoms with Crippen LogP contribution in [-0.4, -0.2) is 10.9 Å². The molecule has 94 valence electrons. The van der Waals surface area contributed by atoms with E-state index in [0.717, 1.165) is 0 Å². The molecule has 1 amide bonds. The number of nitrogens with zero attached hydrogens (tertiary/aromatic N) is 1. The van der Waals surface area contributed by atoms with Gasteiger partial charge in [0.05, 0.1) is 12.7 Å². The number of rotatable bonds is 3. The first-order valence-electron chi connectivity index (χ1n) is 5.52. The summed E-state index contributed by atoms with van der Waals surface area (Å²) in [5.74, 6) is 0.508. The average Bonchev–Trinajstić information content (AvgIpc) is 2.72. The van der Waals surface area contributed by atoms with Crippen molar-refractivity contribution in [3.8, 4) is 0 Å². The van der Waals surface area contributed by atoms with E-state index in [2.05, 4.69) is 10.3 Å². The van der Waals surface area contributed by atoms with Crippen molar-refractivity contribution in [1.82, 2.24) is 10.3 Å². The topological polar surface area (TPSA) is 55.1 Å². The van der Waals surface area contributed by atoms with E-state index in [9.17, 15) is 9.18 Å². The summed E-state index contributed by atoms with van der Waals surface area (Å²) >= 11 is 0. The molecule has 0 bridgehead atoms. The Morgan fingerprint density at radius 3 is 2.83 bits per heavy atom. The Bertz CT molecular complexity index is 578. The van der Waals surface area contributed by atoms with Crippen LogP contribution in [0.5, 0.6) is 0 Å². The van der Waals surface area contributed by atoms with Crippen LogP contribution in [-0.2, 0) is 6.54 Å². The van der Waals surface area contributed by atoms with Gasteiger partial charge < -0.3 is 9.73 Å². The molecule has 4 nitrogen and oxygen atoms in total. The van der Waals surface area contributed by atoms with Crippen LogP contribution in [0.15, 0.2) is 28.8 Å². The van der Waals surface area contributed by atoms with Gasteiger partial charge in [0, 0.05) is 5.56 Å². The summed E-state index contributed by atoms with van der Waals surface area (Å²) in [5.41, 5.74) is 1.04. The zero-order valence-electron chi connectivity index (χ0n) is 10.2. The smallest absolute Gasteiger partial charge is 0.251 e. The molecule has 0 aliphatic rings. The predicted molar refractivity (Wildman–Crippen MR) is 63.5 cm³/mol. The van der Waals surface area contributed by atoms with E-state index in [1.165, 1.54) is 18.2 Å². The lowest BCUT2D eigenvalue weighted by Crippen LogP contribution is -2.23. The maximum Gasteiger partial charge on any atom is 0.251 e. The Hall–Kier alpha value is -2.17. The zero-order chi connectivity index (χ0) is 13.1. The molecule has 5 heteroatoms. The number of aromatic nitrogens is 1. The normalized spacial score (nSPS) is 10.4. The Morgan fingerprint density at radius 1 is 1.44 bits per heavy atom. The molecule has 0 saturated carbocycles. The Labute approximate surface area is 104 Å². The van der Waals surface area contributed by atoms with Crippen molar-refractivity contribution in [3.63, 3.8) is 0 Å². The van der Waals surface area contributed by atoms with Crippen LogP contribution >= 0.6 is 0 Å². The van der Waals surface area contributed by atoms with Gasteiger partial charge in [0.1, 0.15) is 11.6 Å². The van der Waals surface area contributed by atoms with Gasteiger partial charge in [-0.25, -0.2) is 9.37 Å². The fraction of sp³-hybridized carbons (Fsp3) is 0.231. The number of benzene rings is 1. The minimum atomic E-state index is -0.354. The third kappa shape index (κ3) is 2.74. The van der Waals surface area contributed by atoms with Crippen LogP contribution in [0.2, 0.25) is 0 Å². The first-order valence-corrected chi connectivity index (χ1v) is 5.52. The highest BCUT2D eigenvalue weighted by atomic mass is 19.1. The molecule has 1 aromatic heterocycles. The van der Waals surface area contributed by atoms with Crippen LogP contribution in [0.4, 0.5) is 4.39 Å². The number of amides is 1. The Kier molecular flexibility index (Phi) is 3.41. The van der Waals surface area contributed by atoms with E-state index in [1.807, 2.05) is 0 Å². The summed E-state index contributed by atoms with van der Waals surface area (Å²) < 4.78 is 18.1. The highest BCUT2D eigenvalue weighted by Crippen LogP contribution is 2.10. The predicted octanol–water partition coefficient (Wildman–Crippen LogP) is 2.36. The minimum absolute atomic E-state index is 0.212. The molecule has 1 aromatic carbocycles. The molecule has 0 radical (unpaired) electrons. The van der Waals surface area contributed by atoms with Crippen LogP contribution < -0.4 is 5.32 Å². The first kappa shape index (κ1) is 12.3. The molecule has 1 N–H and O–H groups in total. The largest absolute Gasteiger partial charge is 0.444 e. The van der Waals surface area contributed by atoms with Crippen LogP contribution in [0.25, 0.3) is 0 Å². The summed E-state index contributed by atoms with van der Waals surface area (Å²) in [6.07, 6.45) is 1.59. The lowest BCUT2D eigenvalue weighted by atomic mass is 10.1. The number of aryl methyl sites for hydroxylation is 2. The summed E-state index contributed by atoms with van der Waals surface area (Å²) in [4.78, 5) is 15.8. The van der Waals surface area contributed by atoms with Crippen LogP contribution in [0, 0.1) is 19.7 Å². The number of nitrogens with one attached hydrogen (secondary N) is 1. The van der Waals surface area contributed by atoms with Crippen molar-refractivity contribution in [2.75, 3.05) is 0 Å². The van der Waals surface area contributed by atoms with Gasteiger partial charge in [-0.05, 0) is 37.6 Å². The maximum atomic E-state index is 12.9. The SMILES string of the molecule is Cc1cnc(CNC(=O)c2ccc(F)cc2C)o1. The molecule has 0 saturated heterocycles. The molecule has 0 spiro atoms. The zero-order valence-corrected chi connectivity index (χ0v) is 10.2. The quantitative estimate of drug-likeness (QED) is 0.907. The van der Waals surface area contributed by atoms with Gasteiger partial charge >= 0.3 is 0 Å². The van der Waals surface area contributed by atoms with E-state index in [1.54, 1.807) is 20.0 Å². The van der Waals surface area contributed by atoms with E-state index in [0.29, 0.717) is 22.8 Å². The third-order valence-corrected chi connectivity index (χ3v) is 2.50. The summed E-state index contributed by atoms with van der Waals surface area (Å²) in [7, 11) is 0. The van der Waals surface area contributed by atoms with Crippen LogP contribution in [0.3, 0.4) is 0 Å². The van der Waals surface area contributed by atoms with Gasteiger partial charge in [-0.3, -0.25) is 4.79 Å². The number of carbonyl (C=O) groups excluding carboxylic acids is 1. The Morgan fingerprint density at radius 2 is 2.22 bits per heavy atom. The van der Waals surface area contributed by atoms with Gasteiger partial charge in [-0.1, -0.05) is 0 Å². The van der Waals surface area contributed by atoms with Gasteiger partial charge in [-0.2, -0.15) is 0 Å². The summed E-state index contributed by atoms with van der Waals surface area (Å²) in [6, 6.07) is 4.04. The third-order valence-electron chi connectivity index (χ3n) is 2.50. The van der Waals surface area contributed by atoms with Gasteiger partial charge in [0.2, 0.25) is 5.89 Å². The van der Waals surface area contributed by atoms with Crippen molar-refractivity contribution in [3.05, 3.63) is 53.0 Å². The fourth-order valence-electron chi connectivity index (χ4n) is 1.62. The highest BCUT2D eigenvalue weighted by Gasteiger charge is 2.10. The fourth-order valence-corrected chi connectivity index (χ4v) is 1.62. The molecule has 0 aliphatic carbocycles. The molecular weight excluding hydrogens is 235 g/mol. The van der Waals surface area contributed by atoms with Crippen molar-refractivity contribution >= 4 is 5.91 Å². The molecule has 0 aliphatic heterocycles. The molecular formula is C13H13FN2O2. The number of oxazole rings is 1. The van der Waals surface area contributed by atoms with E-state index in [-0.39, 0.29) is 18.3 Å². The number of carbonyl (C=O) groups is 1. The number of halogens is 1. The summed E-state index contributed by atoms with van der Waals surface area (Å²) in [6.45, 7) is 3.68. The Balaban J connectivity index is 2.03. The molecule has 18 heavy (non-hydrogen) atoms. The monoisotopic (exact) mass is 248 g/mol. The van der Waals surface area contributed by atoms with E-state index < -0.39 is 0 Å². The number of hydrogen-bond acceptors (Lipinski definition) is 3. The second kappa shape index (κ2) is 5.00. The van der Waals surface area contributed by atoms with Crippen molar-refractivity contribution in [1.29, 1.82) is 0 Å². The van der Waals surface area contributed by atoms with E-state index >= 15 is 0 Å². The molecule has 0 atom stereocenters. The lowest BCUT2D eigenvalue weighted by Gasteiger charge is -2.06. The lowest BCUT2D eigenvalue weighted by molar-refractivity contribution is 0.0946. The standard InChI is InChI=1S/C13H13FN2O2/c1-8-5-10(14)3-4-11(8)13(17)16-7-12-15-6-9(2)18-12/h3-6H,7H2,1-2H3,(H,16,17). The maximum absolute atomic E-state index is 12.9. The van der Waals surface area contributed by atoms with Gasteiger partial charge in [0.15, 0.2) is 0 Å². The molecule has 0 fully saturated rings. The molecule has 0 unspecified atom stereocenters. The van der Waals surface area contributed by atoms with Gasteiger partial charge in [-0.15, -0.1) is 0 Å². The van der Waals surface area contributed by atoms with E-state index in [4.69, 9.17) is 4.42 Å². The van der Waals surface area contributed by atoms with Crippen LogP contribution in [0.1, 0.15) is 27.6 Å². The second-order valence-electron chi connectivity index (χ2n) is 4.01. The highest BCUT2D eigenvalue weighted by molar-refractivity contribution is 5.95. The average molecular weight is 248 g/mol. The molecule has 2 aromatic rings. The summed E-state index contributed by atoms with van der Waals surface area (Å²) in [5, 5.41) is 2.67. The molecule has 2 rings (SSSR count). The molecule has 1 heterocycles. The van der Waals surface area contributed by atoms with Crippen molar-refractivity contribution in [2.24, 2.45) is 0 Å². The minimum Gasteiger partial charge on any atom is -0.444 e. The first-order chi connectivity index (χ1) is 8.56. The van der Waals surface area contributed by atoms with Crippen molar-refractivity contribution < 1.29 is 13.6 Å². The number of hydrogen-bond donors (Lipinski definition) is 1. The van der Waals surface area contributed by atoms with Gasteiger partial charge in [0.25, 0.3) is 5.91 Å².